The minimum absolute atomic E-state index is 0.0367. The zero-order valence-electron chi connectivity index (χ0n) is 22.1. The summed E-state index contributed by atoms with van der Waals surface area (Å²) in [5.41, 5.74) is -1.99. The lowest BCUT2D eigenvalue weighted by atomic mass is 9.94. The molecule has 5 rings (SSSR count). The number of aromatic nitrogens is 1. The molecule has 2 aromatic rings. The predicted octanol–water partition coefficient (Wildman–Crippen LogP) is 6.08. The molecule has 1 aromatic heterocycles. The van der Waals surface area contributed by atoms with Gasteiger partial charge < -0.3 is 25.2 Å². The molecule has 2 atom stereocenters. The Balaban J connectivity index is 1.34. The van der Waals surface area contributed by atoms with Crippen LogP contribution in [0.5, 0.6) is 5.75 Å². The Labute approximate surface area is 236 Å². The molecule has 3 heterocycles. The van der Waals surface area contributed by atoms with Crippen LogP contribution in [0.1, 0.15) is 60.0 Å². The van der Waals surface area contributed by atoms with Crippen molar-refractivity contribution in [1.82, 2.24) is 10.3 Å². The maximum atomic E-state index is 13.9. The summed E-state index contributed by atoms with van der Waals surface area (Å²) in [7, 11) is 0. The molecule has 1 aromatic carbocycles. The number of anilines is 1. The van der Waals surface area contributed by atoms with E-state index in [9.17, 15) is 36.2 Å². The van der Waals surface area contributed by atoms with Crippen LogP contribution < -0.4 is 15.0 Å². The number of carbonyl (C=O) groups is 1. The fourth-order valence-corrected chi connectivity index (χ4v) is 5.88. The number of nitrogens with zero attached hydrogens (tertiary/aromatic N) is 2. The number of carboxylic acid groups (broad SMARTS) is 1. The maximum absolute atomic E-state index is 13.9. The van der Waals surface area contributed by atoms with Gasteiger partial charge in [0.1, 0.15) is 17.3 Å². The van der Waals surface area contributed by atoms with Gasteiger partial charge >= 0.3 is 18.5 Å². The van der Waals surface area contributed by atoms with Gasteiger partial charge in [-0.2, -0.15) is 13.2 Å². The number of alkyl halides is 6. The summed E-state index contributed by atoms with van der Waals surface area (Å²) in [6.45, 7) is -0.0367. The number of fused-ring (bicyclic) bond motifs is 2. The summed E-state index contributed by atoms with van der Waals surface area (Å²) < 4.78 is 84.8. The molecule has 2 unspecified atom stereocenters. The average molecular weight is 599 g/mol. The normalized spacial score (nSPS) is 23.0. The van der Waals surface area contributed by atoms with E-state index < -0.39 is 35.4 Å². The van der Waals surface area contributed by atoms with Crippen molar-refractivity contribution >= 4 is 17.5 Å². The predicted molar refractivity (Wildman–Crippen MR) is 139 cm³/mol. The highest BCUT2D eigenvalue weighted by atomic mass is 19.4. The van der Waals surface area contributed by atoms with Gasteiger partial charge in [-0.15, -0.1) is 13.2 Å². The molecule has 2 saturated heterocycles. The third-order valence-electron chi connectivity index (χ3n) is 7.92. The smallest absolute Gasteiger partial charge is 0.512 e. The lowest BCUT2D eigenvalue weighted by Gasteiger charge is -2.41. The lowest BCUT2D eigenvalue weighted by Crippen LogP contribution is -2.50. The number of para-hydroxylation sites is 1. The average Bonchev–Trinajstić information content (AvgIpc) is 3.72. The zero-order valence-corrected chi connectivity index (χ0v) is 22.1. The van der Waals surface area contributed by atoms with Crippen molar-refractivity contribution in [2.45, 2.75) is 69.2 Å². The second-order valence-corrected chi connectivity index (χ2v) is 10.8. The van der Waals surface area contributed by atoms with E-state index in [1.54, 1.807) is 4.90 Å². The molecule has 3 fully saturated rings. The molecule has 2 aliphatic heterocycles. The molecule has 1 saturated carbocycles. The van der Waals surface area contributed by atoms with E-state index in [-0.39, 0.29) is 59.0 Å². The number of benzene rings is 1. The van der Waals surface area contributed by atoms with Crippen LogP contribution >= 0.6 is 0 Å². The first-order valence-electron chi connectivity index (χ1n) is 13.4. The number of pyridine rings is 1. The minimum Gasteiger partial charge on any atom is -0.512 e. The number of aliphatic hydroxyl groups is 1. The number of allylic oxidation sites excluding steroid dienone is 1. The largest absolute Gasteiger partial charge is 0.573 e. The fraction of sp³-hybridized carbons (Fsp3) is 0.464. The van der Waals surface area contributed by atoms with Crippen molar-refractivity contribution in [2.75, 3.05) is 11.4 Å². The van der Waals surface area contributed by atoms with Crippen LogP contribution in [-0.4, -0.2) is 57.9 Å². The van der Waals surface area contributed by atoms with Crippen LogP contribution in [0.2, 0.25) is 0 Å². The summed E-state index contributed by atoms with van der Waals surface area (Å²) in [6.07, 6.45) is -5.49. The Bertz CT molecular complexity index is 1390. The Morgan fingerprint density at radius 2 is 1.69 bits per heavy atom. The van der Waals surface area contributed by atoms with Crippen molar-refractivity contribution in [3.8, 4) is 5.75 Å². The maximum Gasteiger partial charge on any atom is 0.573 e. The van der Waals surface area contributed by atoms with Crippen molar-refractivity contribution in [3.63, 3.8) is 0 Å². The SMILES string of the molecule is N=C(/C(CNC1CC2CCC(C1)N2c1ncc(C(=O)O)cc1C(F)(F)F)=C(\O)C1CC1)c1ccccc1OC(F)(F)F. The number of carboxylic acids is 1. The number of hydrogen-bond acceptors (Lipinski definition) is 7. The van der Waals surface area contributed by atoms with Crippen molar-refractivity contribution in [2.24, 2.45) is 5.92 Å². The molecule has 4 N–H and O–H groups in total. The number of halogens is 6. The second-order valence-electron chi connectivity index (χ2n) is 10.8. The van der Waals surface area contributed by atoms with E-state index in [0.717, 1.165) is 12.3 Å². The van der Waals surface area contributed by atoms with Gasteiger partial charge in [-0.3, -0.25) is 5.41 Å². The second kappa shape index (κ2) is 11.1. The molecule has 42 heavy (non-hydrogen) atoms. The Hall–Kier alpha value is -3.81. The molecule has 0 radical (unpaired) electrons. The molecule has 3 aliphatic rings. The van der Waals surface area contributed by atoms with Gasteiger partial charge in [-0.25, -0.2) is 9.78 Å². The van der Waals surface area contributed by atoms with Crippen LogP contribution in [0.15, 0.2) is 47.9 Å². The first-order chi connectivity index (χ1) is 19.7. The number of aromatic carboxylic acids is 1. The molecule has 226 valence electrons. The molecule has 0 amide bonds. The number of hydrogen-bond donors (Lipinski definition) is 4. The van der Waals surface area contributed by atoms with Crippen LogP contribution in [0, 0.1) is 11.3 Å². The van der Waals surface area contributed by atoms with Crippen LogP contribution in [0.4, 0.5) is 32.2 Å². The van der Waals surface area contributed by atoms with Gasteiger partial charge in [0.05, 0.1) is 16.8 Å². The van der Waals surface area contributed by atoms with Crippen molar-refractivity contribution < 1.29 is 46.1 Å². The third-order valence-corrected chi connectivity index (χ3v) is 7.92. The molecule has 8 nitrogen and oxygen atoms in total. The topological polar surface area (TPSA) is 119 Å². The molecule has 2 bridgehead atoms. The van der Waals surface area contributed by atoms with E-state index in [0.29, 0.717) is 44.6 Å². The van der Waals surface area contributed by atoms with Crippen LogP contribution in [0.3, 0.4) is 0 Å². The zero-order chi connectivity index (χ0) is 30.4. The summed E-state index contributed by atoms with van der Waals surface area (Å²) in [5, 5.41) is 32.0. The van der Waals surface area contributed by atoms with E-state index in [4.69, 9.17) is 10.5 Å². The number of piperidine rings is 1. The highest BCUT2D eigenvalue weighted by Crippen LogP contribution is 2.44. The Morgan fingerprint density at radius 3 is 2.26 bits per heavy atom. The van der Waals surface area contributed by atoms with E-state index in [1.807, 2.05) is 0 Å². The van der Waals surface area contributed by atoms with Gasteiger partial charge in [-0.1, -0.05) is 12.1 Å². The van der Waals surface area contributed by atoms with Gasteiger partial charge in [-0.05, 0) is 56.7 Å². The van der Waals surface area contributed by atoms with Gasteiger partial charge in [0.2, 0.25) is 0 Å². The van der Waals surface area contributed by atoms with Crippen molar-refractivity contribution in [3.05, 3.63) is 64.6 Å². The van der Waals surface area contributed by atoms with Crippen molar-refractivity contribution in [1.29, 1.82) is 5.41 Å². The minimum atomic E-state index is -4.97. The summed E-state index contributed by atoms with van der Waals surface area (Å²) in [6, 6.07) is 4.94. The quantitative estimate of drug-likeness (QED) is 0.157. The molecular formula is C28H28F6N4O4. The van der Waals surface area contributed by atoms with E-state index in [2.05, 4.69) is 15.0 Å². The van der Waals surface area contributed by atoms with Crippen LogP contribution in [-0.2, 0) is 6.18 Å². The number of ether oxygens (including phenoxy) is 1. The number of rotatable bonds is 9. The molecule has 1 aliphatic carbocycles. The lowest BCUT2D eigenvalue weighted by molar-refractivity contribution is -0.274. The van der Waals surface area contributed by atoms with E-state index in [1.165, 1.54) is 18.2 Å². The highest BCUT2D eigenvalue weighted by Gasteiger charge is 2.46. The number of aliphatic hydroxyl groups excluding tert-OH is 1. The monoisotopic (exact) mass is 598 g/mol. The van der Waals surface area contributed by atoms with Gasteiger partial charge in [0, 0.05) is 47.9 Å². The Morgan fingerprint density at radius 1 is 1.05 bits per heavy atom. The highest BCUT2D eigenvalue weighted by molar-refractivity contribution is 6.12. The van der Waals surface area contributed by atoms with Gasteiger partial charge in [0.25, 0.3) is 0 Å². The first kappa shape index (κ1) is 29.7. The van der Waals surface area contributed by atoms with E-state index >= 15 is 0 Å². The molecular weight excluding hydrogens is 570 g/mol. The standard InChI is InChI=1S/C28H28F6N4O4/c29-27(30,31)21-9-15(26(40)41)12-37-25(21)38-17-7-8-18(38)11-16(10-17)36-13-20(24(39)14-5-6-14)23(35)19-3-1-2-4-22(19)42-28(32,33)34/h1-4,9,12,14,16-18,35-36,39H,5-8,10-11,13H2,(H,40,41)/b24-20-,35-23?. The van der Waals surface area contributed by atoms with Gasteiger partial charge in [0.15, 0.2) is 0 Å². The summed E-state index contributed by atoms with van der Waals surface area (Å²) in [4.78, 5) is 16.8. The summed E-state index contributed by atoms with van der Waals surface area (Å²) in [5.74, 6) is -2.66. The number of nitrogens with one attached hydrogen (secondary N) is 2. The molecule has 0 spiro atoms. The Kier molecular flexibility index (Phi) is 7.86. The molecule has 14 heteroatoms. The fourth-order valence-electron chi connectivity index (χ4n) is 5.88. The van der Waals surface area contributed by atoms with Crippen LogP contribution in [0.25, 0.3) is 0 Å². The third kappa shape index (κ3) is 6.32. The summed E-state index contributed by atoms with van der Waals surface area (Å²) >= 11 is 0. The first-order valence-corrected chi connectivity index (χ1v) is 13.4.